The van der Waals surface area contributed by atoms with E-state index < -0.39 is 55.8 Å². The van der Waals surface area contributed by atoms with Crippen LogP contribution in [0.4, 0.5) is 13.2 Å². The molecule has 0 saturated carbocycles. The van der Waals surface area contributed by atoms with Crippen molar-refractivity contribution in [2.24, 2.45) is 0 Å². The summed E-state index contributed by atoms with van der Waals surface area (Å²) in [6.45, 7) is 3.85. The Kier molecular flexibility index (Phi) is 5.69. The Morgan fingerprint density at radius 1 is 1.20 bits per heavy atom. The number of carboxylic acids is 2. The van der Waals surface area contributed by atoms with Crippen LogP contribution in [0.15, 0.2) is 18.7 Å². The van der Waals surface area contributed by atoms with Crippen molar-refractivity contribution in [3.8, 4) is 11.5 Å². The number of ether oxygens (including phenoxy) is 1. The Balaban J connectivity index is 3.71. The number of carboxylic acid groups (broad SMARTS) is 2. The van der Waals surface area contributed by atoms with Crippen molar-refractivity contribution in [1.82, 2.24) is 0 Å². The average molecular weight is 384 g/mol. The molecule has 1 aromatic rings. The van der Waals surface area contributed by atoms with E-state index in [0.717, 1.165) is 13.0 Å². The zero-order chi connectivity index (χ0) is 19.6. The highest BCUT2D eigenvalue weighted by Gasteiger charge is 2.49. The predicted molar refractivity (Wildman–Crippen MR) is 76.4 cm³/mol. The van der Waals surface area contributed by atoms with E-state index in [0.29, 0.717) is 6.07 Å². The Hall–Kier alpha value is -2.76. The van der Waals surface area contributed by atoms with Gasteiger partial charge in [-0.15, -0.1) is 0 Å². The van der Waals surface area contributed by atoms with E-state index in [1.54, 1.807) is 0 Å². The van der Waals surface area contributed by atoms with Gasteiger partial charge in [-0.25, -0.2) is 9.59 Å². The van der Waals surface area contributed by atoms with Gasteiger partial charge in [0.25, 0.3) is 0 Å². The van der Waals surface area contributed by atoms with E-state index in [2.05, 4.69) is 10.8 Å². The van der Waals surface area contributed by atoms with Crippen LogP contribution in [0.5, 0.6) is 11.5 Å². The van der Waals surface area contributed by atoms with Crippen molar-refractivity contribution < 1.29 is 50.3 Å². The maximum Gasteiger partial charge on any atom is 0.534 e. The van der Waals surface area contributed by atoms with Crippen LogP contribution in [0, 0.1) is 6.92 Å². The van der Waals surface area contributed by atoms with Gasteiger partial charge in [-0.3, -0.25) is 0 Å². The Morgan fingerprint density at radius 2 is 1.72 bits per heavy atom. The van der Waals surface area contributed by atoms with Crippen molar-refractivity contribution in [3.05, 3.63) is 35.4 Å². The molecule has 0 aromatic heterocycles. The average Bonchev–Trinajstić information content (AvgIpc) is 2.44. The summed E-state index contributed by atoms with van der Waals surface area (Å²) in [6.07, 6.45) is 1.15. The van der Waals surface area contributed by atoms with Crippen LogP contribution in [-0.2, 0) is 10.1 Å². The number of carbonyl (C=O) groups is 2. The Morgan fingerprint density at radius 3 is 2.12 bits per heavy atom. The van der Waals surface area contributed by atoms with Crippen molar-refractivity contribution in [3.63, 3.8) is 0 Å². The predicted octanol–water partition coefficient (Wildman–Crippen LogP) is 2.18. The van der Waals surface area contributed by atoms with Gasteiger partial charge in [0.15, 0.2) is 0 Å². The van der Waals surface area contributed by atoms with Crippen LogP contribution in [0.3, 0.4) is 0 Å². The van der Waals surface area contributed by atoms with E-state index in [1.807, 2.05) is 0 Å². The molecule has 138 valence electrons. The first kappa shape index (κ1) is 20.3. The molecule has 0 aliphatic rings. The molecule has 0 atom stereocenters. The number of hydrogen-bond acceptors (Lipinski definition) is 6. The van der Waals surface area contributed by atoms with Crippen LogP contribution >= 0.6 is 0 Å². The molecule has 0 amide bonds. The lowest BCUT2D eigenvalue weighted by atomic mass is 10.00. The molecule has 0 fully saturated rings. The fourth-order valence-corrected chi connectivity index (χ4v) is 2.23. The summed E-state index contributed by atoms with van der Waals surface area (Å²) in [6, 6.07) is 0.554. The van der Waals surface area contributed by atoms with Gasteiger partial charge in [-0.2, -0.15) is 21.6 Å². The zero-order valence-corrected chi connectivity index (χ0v) is 13.3. The third-order valence-corrected chi connectivity index (χ3v) is 3.74. The monoisotopic (exact) mass is 384 g/mol. The molecule has 1 aromatic carbocycles. The smallest absolute Gasteiger partial charge is 0.488 e. The molecule has 12 heteroatoms. The first-order valence-electron chi connectivity index (χ1n) is 6.22. The summed E-state index contributed by atoms with van der Waals surface area (Å²) in [5.74, 6) is -5.29. The third-order valence-electron chi connectivity index (χ3n) is 2.77. The lowest BCUT2D eigenvalue weighted by Crippen LogP contribution is -2.28. The van der Waals surface area contributed by atoms with Gasteiger partial charge in [0, 0.05) is 11.6 Å². The molecule has 1 rings (SSSR count). The van der Waals surface area contributed by atoms with Gasteiger partial charge in [-0.05, 0) is 6.92 Å². The minimum atomic E-state index is -6.10. The molecule has 0 heterocycles. The van der Waals surface area contributed by atoms with Crippen LogP contribution in [-0.4, -0.2) is 42.7 Å². The summed E-state index contributed by atoms with van der Waals surface area (Å²) in [7, 11) is -6.10. The van der Waals surface area contributed by atoms with Gasteiger partial charge in [0.05, 0.1) is 5.56 Å². The van der Waals surface area contributed by atoms with E-state index in [9.17, 15) is 31.2 Å². The SMILES string of the molecule is C=CCOc1cc(OS(=O)(=O)C(F)(F)F)c(C)c(C(=O)O)c1C(=O)O. The number of aromatic carboxylic acids is 2. The molecule has 0 unspecified atom stereocenters. The minimum absolute atomic E-state index is 0.326. The number of benzene rings is 1. The Bertz CT molecular complexity index is 827. The number of halogens is 3. The normalized spacial score (nSPS) is 11.7. The second kappa shape index (κ2) is 7.01. The maximum atomic E-state index is 12.5. The zero-order valence-electron chi connectivity index (χ0n) is 12.5. The molecule has 0 spiro atoms. The maximum absolute atomic E-state index is 12.5. The van der Waals surface area contributed by atoms with Crippen LogP contribution in [0.2, 0.25) is 0 Å². The minimum Gasteiger partial charge on any atom is -0.488 e. The van der Waals surface area contributed by atoms with Crippen molar-refractivity contribution in [2.75, 3.05) is 6.61 Å². The first-order chi connectivity index (χ1) is 11.3. The largest absolute Gasteiger partial charge is 0.534 e. The quantitative estimate of drug-likeness (QED) is 0.416. The van der Waals surface area contributed by atoms with Crippen LogP contribution in [0.1, 0.15) is 26.3 Å². The molecular weight excluding hydrogens is 373 g/mol. The fourth-order valence-electron chi connectivity index (χ4n) is 1.73. The summed E-state index contributed by atoms with van der Waals surface area (Å²) in [4.78, 5) is 22.6. The summed E-state index contributed by atoms with van der Waals surface area (Å²) in [5.41, 5.74) is -8.25. The molecular formula is C13H11F3O8S. The highest BCUT2D eigenvalue weighted by atomic mass is 32.2. The molecule has 8 nitrogen and oxygen atoms in total. The number of rotatable bonds is 7. The number of alkyl halides is 3. The molecule has 0 radical (unpaired) electrons. The molecule has 0 saturated heterocycles. The summed E-state index contributed by atoms with van der Waals surface area (Å²) < 4.78 is 68.5. The van der Waals surface area contributed by atoms with Gasteiger partial charge in [0.1, 0.15) is 23.7 Å². The highest BCUT2D eigenvalue weighted by molar-refractivity contribution is 7.88. The molecule has 0 bridgehead atoms. The second-order valence-corrected chi connectivity index (χ2v) is 5.98. The number of hydrogen-bond donors (Lipinski definition) is 2. The topological polar surface area (TPSA) is 127 Å². The lowest BCUT2D eigenvalue weighted by Gasteiger charge is -2.17. The van der Waals surface area contributed by atoms with Crippen LogP contribution in [0.25, 0.3) is 0 Å². The second-order valence-electron chi connectivity index (χ2n) is 4.44. The molecule has 0 aliphatic heterocycles. The van der Waals surface area contributed by atoms with E-state index in [4.69, 9.17) is 14.9 Å². The first-order valence-corrected chi connectivity index (χ1v) is 7.63. The Labute approximate surface area is 139 Å². The van der Waals surface area contributed by atoms with E-state index in [1.165, 1.54) is 0 Å². The van der Waals surface area contributed by atoms with E-state index >= 15 is 0 Å². The summed E-state index contributed by atoms with van der Waals surface area (Å²) in [5, 5.41) is 18.3. The van der Waals surface area contributed by atoms with E-state index in [-0.39, 0.29) is 6.61 Å². The van der Waals surface area contributed by atoms with Gasteiger partial charge < -0.3 is 19.1 Å². The lowest BCUT2D eigenvalue weighted by molar-refractivity contribution is -0.0500. The van der Waals surface area contributed by atoms with Crippen molar-refractivity contribution in [2.45, 2.75) is 12.4 Å². The summed E-state index contributed by atoms with van der Waals surface area (Å²) >= 11 is 0. The third kappa shape index (κ3) is 4.21. The van der Waals surface area contributed by atoms with Gasteiger partial charge in [-0.1, -0.05) is 12.7 Å². The molecule has 25 heavy (non-hydrogen) atoms. The van der Waals surface area contributed by atoms with Gasteiger partial charge >= 0.3 is 27.6 Å². The fraction of sp³-hybridized carbons (Fsp3) is 0.231. The highest BCUT2D eigenvalue weighted by Crippen LogP contribution is 2.36. The van der Waals surface area contributed by atoms with Crippen LogP contribution < -0.4 is 8.92 Å². The standard InChI is InChI=1S/C13H11F3O8S/c1-3-4-23-8-5-7(24-25(21,22)13(14,15)16)6(2)9(11(17)18)10(8)12(19)20/h3,5H,1,4H2,2H3,(H,17,18)(H,19,20). The van der Waals surface area contributed by atoms with Gasteiger partial charge in [0.2, 0.25) is 0 Å². The molecule has 0 aliphatic carbocycles. The molecule has 2 N–H and O–H groups in total. The van der Waals surface area contributed by atoms with Crippen molar-refractivity contribution in [1.29, 1.82) is 0 Å². The van der Waals surface area contributed by atoms with Crippen molar-refractivity contribution >= 4 is 22.1 Å².